The summed E-state index contributed by atoms with van der Waals surface area (Å²) in [6, 6.07) is 55.7. The fourth-order valence-electron chi connectivity index (χ4n) is 7.21. The summed E-state index contributed by atoms with van der Waals surface area (Å²) in [5.41, 5.74) is 14.0. The Morgan fingerprint density at radius 1 is 0.478 bits per heavy atom. The fraction of sp³-hybridized carbons (Fsp3) is 0.0455. The van der Waals surface area contributed by atoms with Crippen molar-refractivity contribution in [1.82, 2.24) is 0 Å². The molecule has 1 aliphatic carbocycles. The first-order chi connectivity index (χ1) is 22.7. The lowest BCUT2D eigenvalue weighted by molar-refractivity contribution is 0.484. The number of para-hydroxylation sites is 3. The molecule has 2 nitrogen and oxygen atoms in total. The van der Waals surface area contributed by atoms with E-state index in [2.05, 4.69) is 128 Å². The molecule has 0 spiro atoms. The molecule has 1 unspecified atom stereocenters. The van der Waals surface area contributed by atoms with Gasteiger partial charge in [-0.3, -0.25) is 0 Å². The van der Waals surface area contributed by atoms with Crippen LogP contribution in [-0.2, 0) is 0 Å². The molecule has 0 aliphatic heterocycles. The number of aryl methyl sites for hydroxylation is 1. The fourth-order valence-corrected chi connectivity index (χ4v) is 7.21. The molecule has 1 atom stereocenters. The zero-order chi connectivity index (χ0) is 30.6. The predicted molar refractivity (Wildman–Crippen MR) is 189 cm³/mol. The SMILES string of the molecule is Cc1ccccc1-c1ccc(-c2ccc3c(c2)-c2ccccc2C3c2cccc3c2oc2ccccc23)cc1Oc1ccccc1. The van der Waals surface area contributed by atoms with Crippen LogP contribution in [0.1, 0.15) is 28.2 Å². The van der Waals surface area contributed by atoms with Crippen LogP contribution in [0.15, 0.2) is 162 Å². The summed E-state index contributed by atoms with van der Waals surface area (Å²) < 4.78 is 13.1. The molecule has 1 aromatic heterocycles. The van der Waals surface area contributed by atoms with E-state index in [0.29, 0.717) is 0 Å². The number of hydrogen-bond acceptors (Lipinski definition) is 2. The van der Waals surface area contributed by atoms with E-state index < -0.39 is 0 Å². The normalized spacial score (nSPS) is 13.5. The van der Waals surface area contributed by atoms with E-state index in [9.17, 15) is 0 Å². The molecule has 1 aliphatic rings. The zero-order valence-corrected chi connectivity index (χ0v) is 25.4. The van der Waals surface area contributed by atoms with E-state index in [1.165, 1.54) is 38.9 Å². The van der Waals surface area contributed by atoms with Gasteiger partial charge in [0.05, 0.1) is 0 Å². The number of fused-ring (bicyclic) bond motifs is 6. The summed E-state index contributed by atoms with van der Waals surface area (Å²) in [6.45, 7) is 2.15. The molecule has 0 saturated carbocycles. The van der Waals surface area contributed by atoms with Crippen LogP contribution in [0.4, 0.5) is 0 Å². The van der Waals surface area contributed by atoms with Gasteiger partial charge in [0.25, 0.3) is 0 Å². The Balaban J connectivity index is 1.19. The van der Waals surface area contributed by atoms with Gasteiger partial charge in [0.1, 0.15) is 22.7 Å². The van der Waals surface area contributed by atoms with Crippen molar-refractivity contribution in [3.05, 3.63) is 180 Å². The Morgan fingerprint density at radius 2 is 1.15 bits per heavy atom. The lowest BCUT2D eigenvalue weighted by Gasteiger charge is -2.16. The smallest absolute Gasteiger partial charge is 0.139 e. The number of benzene rings is 7. The van der Waals surface area contributed by atoms with Crippen molar-refractivity contribution in [2.24, 2.45) is 0 Å². The van der Waals surface area contributed by atoms with E-state index >= 15 is 0 Å². The van der Waals surface area contributed by atoms with Crippen molar-refractivity contribution in [3.63, 3.8) is 0 Å². The largest absolute Gasteiger partial charge is 0.457 e. The van der Waals surface area contributed by atoms with Gasteiger partial charge in [-0.25, -0.2) is 0 Å². The Hall–Kier alpha value is -5.86. The molecule has 0 radical (unpaired) electrons. The molecule has 0 N–H and O–H groups in total. The molecule has 8 aromatic rings. The summed E-state index contributed by atoms with van der Waals surface area (Å²) >= 11 is 0. The van der Waals surface area contributed by atoms with E-state index in [0.717, 1.165) is 50.1 Å². The van der Waals surface area contributed by atoms with Crippen LogP contribution in [0.25, 0.3) is 55.3 Å². The molecule has 9 rings (SSSR count). The topological polar surface area (TPSA) is 22.4 Å². The highest BCUT2D eigenvalue weighted by molar-refractivity contribution is 6.06. The average molecular weight is 591 g/mol. The van der Waals surface area contributed by atoms with Gasteiger partial charge in [0.15, 0.2) is 0 Å². The van der Waals surface area contributed by atoms with Crippen LogP contribution in [0.5, 0.6) is 11.5 Å². The second kappa shape index (κ2) is 10.6. The molecular formula is C44H30O2. The van der Waals surface area contributed by atoms with Crippen molar-refractivity contribution in [2.45, 2.75) is 12.8 Å². The van der Waals surface area contributed by atoms with Crippen LogP contribution in [-0.4, -0.2) is 0 Å². The predicted octanol–water partition coefficient (Wildman–Crippen LogP) is 12.2. The lowest BCUT2D eigenvalue weighted by Crippen LogP contribution is -1.99. The molecule has 46 heavy (non-hydrogen) atoms. The quantitative estimate of drug-likeness (QED) is 0.199. The summed E-state index contributed by atoms with van der Waals surface area (Å²) in [7, 11) is 0. The second-order valence-corrected chi connectivity index (χ2v) is 12.1. The first-order valence-electron chi connectivity index (χ1n) is 15.8. The summed E-state index contributed by atoms with van der Waals surface area (Å²) in [5.74, 6) is 1.75. The minimum absolute atomic E-state index is 0.0879. The molecule has 0 saturated heterocycles. The van der Waals surface area contributed by atoms with Crippen molar-refractivity contribution >= 4 is 21.9 Å². The van der Waals surface area contributed by atoms with Crippen LogP contribution < -0.4 is 4.74 Å². The summed E-state index contributed by atoms with van der Waals surface area (Å²) in [4.78, 5) is 0. The van der Waals surface area contributed by atoms with Crippen LogP contribution in [0, 0.1) is 6.92 Å². The maximum atomic E-state index is 6.56. The van der Waals surface area contributed by atoms with Gasteiger partial charge in [-0.15, -0.1) is 0 Å². The van der Waals surface area contributed by atoms with Crippen molar-refractivity contribution in [1.29, 1.82) is 0 Å². The zero-order valence-electron chi connectivity index (χ0n) is 25.4. The Morgan fingerprint density at radius 3 is 2.04 bits per heavy atom. The number of rotatable bonds is 5. The molecule has 1 heterocycles. The molecule has 0 amide bonds. The van der Waals surface area contributed by atoms with Gasteiger partial charge in [-0.1, -0.05) is 127 Å². The highest BCUT2D eigenvalue weighted by Gasteiger charge is 2.32. The standard InChI is InChI=1S/C44H30O2/c1-28-12-5-6-15-32(28)35-24-22-30(27-42(35)45-31-13-3-2-4-14-31)29-23-25-37-40(26-29)33-16-7-8-18-36(33)43(37)39-20-11-19-38-34-17-9-10-21-41(34)46-44(38)39/h2-27,43H,1H3. The monoisotopic (exact) mass is 590 g/mol. The third-order valence-electron chi connectivity index (χ3n) is 9.39. The molecule has 0 fully saturated rings. The minimum Gasteiger partial charge on any atom is -0.457 e. The second-order valence-electron chi connectivity index (χ2n) is 12.1. The Labute approximate surface area is 268 Å². The van der Waals surface area contributed by atoms with Crippen molar-refractivity contribution < 1.29 is 9.15 Å². The number of ether oxygens (including phenoxy) is 1. The first kappa shape index (κ1) is 26.5. The number of furan rings is 1. The lowest BCUT2D eigenvalue weighted by atomic mass is 9.87. The summed E-state index contributed by atoms with van der Waals surface area (Å²) in [5, 5.41) is 2.32. The van der Waals surface area contributed by atoms with Gasteiger partial charge < -0.3 is 9.15 Å². The van der Waals surface area contributed by atoms with E-state index in [1.54, 1.807) is 0 Å². The maximum Gasteiger partial charge on any atom is 0.139 e. The third-order valence-corrected chi connectivity index (χ3v) is 9.39. The van der Waals surface area contributed by atoms with Crippen molar-refractivity contribution in [2.75, 3.05) is 0 Å². The molecule has 2 heteroatoms. The molecular weight excluding hydrogens is 560 g/mol. The Kier molecular flexibility index (Phi) is 6.14. The van der Waals surface area contributed by atoms with Crippen molar-refractivity contribution in [3.8, 4) is 44.9 Å². The highest BCUT2D eigenvalue weighted by Crippen LogP contribution is 2.51. The van der Waals surface area contributed by atoms with Crippen LogP contribution in [0.3, 0.4) is 0 Å². The molecule has 7 aromatic carbocycles. The highest BCUT2D eigenvalue weighted by atomic mass is 16.5. The molecule has 0 bridgehead atoms. The Bertz CT molecular complexity index is 2410. The van der Waals surface area contributed by atoms with Crippen LogP contribution >= 0.6 is 0 Å². The van der Waals surface area contributed by atoms with Gasteiger partial charge in [0, 0.05) is 27.8 Å². The maximum absolute atomic E-state index is 6.56. The van der Waals surface area contributed by atoms with E-state index in [-0.39, 0.29) is 5.92 Å². The van der Waals surface area contributed by atoms with Crippen LogP contribution in [0.2, 0.25) is 0 Å². The van der Waals surface area contributed by atoms with E-state index in [1.807, 2.05) is 36.4 Å². The first-order valence-corrected chi connectivity index (χ1v) is 15.8. The van der Waals surface area contributed by atoms with Gasteiger partial charge >= 0.3 is 0 Å². The van der Waals surface area contributed by atoms with Gasteiger partial charge in [-0.05, 0) is 81.8 Å². The molecule has 218 valence electrons. The van der Waals surface area contributed by atoms with Gasteiger partial charge in [0.2, 0.25) is 0 Å². The third kappa shape index (κ3) is 4.26. The average Bonchev–Trinajstić information content (AvgIpc) is 3.65. The minimum atomic E-state index is 0.0879. The number of hydrogen-bond donors (Lipinski definition) is 0. The summed E-state index contributed by atoms with van der Waals surface area (Å²) in [6.07, 6.45) is 0. The van der Waals surface area contributed by atoms with Gasteiger partial charge in [-0.2, -0.15) is 0 Å². The van der Waals surface area contributed by atoms with E-state index in [4.69, 9.17) is 9.15 Å².